The van der Waals surface area contributed by atoms with Gasteiger partial charge in [-0.15, -0.1) is 0 Å². The maximum atomic E-state index is 10.2. The Balaban J connectivity index is 0. The van der Waals surface area contributed by atoms with E-state index in [1.165, 1.54) is 11.8 Å². The van der Waals surface area contributed by atoms with Crippen LogP contribution in [0.1, 0.15) is 6.42 Å². The number of hydrogen-bond donors (Lipinski definition) is 0. The monoisotopic (exact) mass is 186 g/mol. The van der Waals surface area contributed by atoms with Gasteiger partial charge in [0.05, 0.1) is 0 Å². The molecule has 0 saturated heterocycles. The van der Waals surface area contributed by atoms with Gasteiger partial charge in [0.1, 0.15) is 5.97 Å². The SMILES string of the molecule is CSCCC(=O)C(=O)[O-].[K+]. The average molecular weight is 186 g/mol. The minimum Gasteiger partial charge on any atom is -0.542 e. The summed E-state index contributed by atoms with van der Waals surface area (Å²) in [6, 6.07) is 0. The van der Waals surface area contributed by atoms with Gasteiger partial charge >= 0.3 is 51.4 Å². The summed E-state index contributed by atoms with van der Waals surface area (Å²) in [5, 5.41) is 9.74. The van der Waals surface area contributed by atoms with Crippen molar-refractivity contribution in [3.63, 3.8) is 0 Å². The third-order valence-corrected chi connectivity index (χ3v) is 1.37. The van der Waals surface area contributed by atoms with E-state index in [0.29, 0.717) is 5.75 Å². The van der Waals surface area contributed by atoms with Crippen molar-refractivity contribution in [2.45, 2.75) is 6.42 Å². The summed E-state index contributed by atoms with van der Waals surface area (Å²) in [7, 11) is 0. The zero-order chi connectivity index (χ0) is 7.28. The number of Topliss-reactive ketones (excluding diaryl/α,β-unsaturated/α-hetero) is 1. The fraction of sp³-hybridized carbons (Fsp3) is 0.600. The normalized spacial score (nSPS) is 8.10. The number of aliphatic carboxylic acids is 1. The molecule has 0 aliphatic rings. The van der Waals surface area contributed by atoms with E-state index >= 15 is 0 Å². The number of carboxylic acid groups (broad SMARTS) is 1. The number of carbonyl (C=O) groups is 2. The molecule has 0 rings (SSSR count). The van der Waals surface area contributed by atoms with Crippen molar-refractivity contribution in [1.82, 2.24) is 0 Å². The van der Waals surface area contributed by atoms with E-state index in [4.69, 9.17) is 0 Å². The van der Waals surface area contributed by atoms with E-state index in [1.807, 2.05) is 6.26 Å². The molecule has 0 aromatic heterocycles. The van der Waals surface area contributed by atoms with E-state index in [-0.39, 0.29) is 57.8 Å². The summed E-state index contributed by atoms with van der Waals surface area (Å²) in [5.74, 6) is -1.85. The van der Waals surface area contributed by atoms with Gasteiger partial charge in [0, 0.05) is 12.2 Å². The minimum absolute atomic E-state index is 0. The van der Waals surface area contributed by atoms with E-state index in [0.717, 1.165) is 0 Å². The average Bonchev–Trinajstić information content (AvgIpc) is 1.82. The van der Waals surface area contributed by atoms with Gasteiger partial charge in [-0.2, -0.15) is 11.8 Å². The second-order valence-electron chi connectivity index (χ2n) is 1.45. The van der Waals surface area contributed by atoms with Gasteiger partial charge in [0.2, 0.25) is 0 Å². The molecule has 0 aromatic carbocycles. The molecule has 3 nitrogen and oxygen atoms in total. The molecule has 0 amide bonds. The third-order valence-electron chi connectivity index (χ3n) is 0.761. The number of hydrogen-bond acceptors (Lipinski definition) is 4. The molecule has 5 heteroatoms. The van der Waals surface area contributed by atoms with E-state index in [1.54, 1.807) is 0 Å². The summed E-state index contributed by atoms with van der Waals surface area (Å²) < 4.78 is 0. The Morgan fingerprint density at radius 2 is 2.00 bits per heavy atom. The van der Waals surface area contributed by atoms with Crippen LogP contribution in [0.4, 0.5) is 0 Å². The molecule has 0 unspecified atom stereocenters. The zero-order valence-electron chi connectivity index (χ0n) is 6.05. The van der Waals surface area contributed by atoms with Crippen LogP contribution in [0.25, 0.3) is 0 Å². The number of ketones is 1. The maximum absolute atomic E-state index is 10.2. The fourth-order valence-electron chi connectivity index (χ4n) is 0.297. The van der Waals surface area contributed by atoms with Gasteiger partial charge in [-0.1, -0.05) is 0 Å². The Kier molecular flexibility index (Phi) is 11.3. The predicted molar refractivity (Wildman–Crippen MR) is 33.0 cm³/mol. The van der Waals surface area contributed by atoms with Gasteiger partial charge < -0.3 is 9.90 Å². The summed E-state index contributed by atoms with van der Waals surface area (Å²) in [6.45, 7) is 0. The molecule has 0 saturated carbocycles. The van der Waals surface area contributed by atoms with Crippen LogP contribution in [0.2, 0.25) is 0 Å². The molecule has 0 aliphatic carbocycles. The van der Waals surface area contributed by atoms with Crippen LogP contribution in [0.3, 0.4) is 0 Å². The van der Waals surface area contributed by atoms with Crippen LogP contribution >= 0.6 is 11.8 Å². The first-order chi connectivity index (χ1) is 4.18. The van der Waals surface area contributed by atoms with E-state index in [9.17, 15) is 14.7 Å². The molecule has 0 aromatic rings. The largest absolute Gasteiger partial charge is 1.00 e. The van der Waals surface area contributed by atoms with Gasteiger partial charge in [0.15, 0.2) is 5.78 Å². The van der Waals surface area contributed by atoms with Crippen molar-refractivity contribution in [1.29, 1.82) is 0 Å². The molecule has 0 aliphatic heterocycles. The van der Waals surface area contributed by atoms with Gasteiger partial charge in [0.25, 0.3) is 0 Å². The molecule has 0 atom stereocenters. The minimum atomic E-state index is -1.58. The Morgan fingerprint density at radius 1 is 1.50 bits per heavy atom. The topological polar surface area (TPSA) is 57.2 Å². The maximum Gasteiger partial charge on any atom is 1.00 e. The number of rotatable bonds is 4. The molecular formula is C5H7KO3S. The summed E-state index contributed by atoms with van der Waals surface area (Å²) in [6.07, 6.45) is 1.88. The molecule has 0 spiro atoms. The van der Waals surface area contributed by atoms with Crippen molar-refractivity contribution in [3.8, 4) is 0 Å². The fourth-order valence-corrected chi connectivity index (χ4v) is 0.686. The second-order valence-corrected chi connectivity index (χ2v) is 2.44. The Labute approximate surface area is 106 Å². The van der Waals surface area contributed by atoms with E-state index < -0.39 is 11.8 Å². The van der Waals surface area contributed by atoms with Gasteiger partial charge in [-0.3, -0.25) is 4.79 Å². The summed E-state index contributed by atoms with van der Waals surface area (Å²) in [4.78, 5) is 20.0. The van der Waals surface area contributed by atoms with Crippen molar-refractivity contribution in [3.05, 3.63) is 0 Å². The Bertz CT molecular complexity index is 126. The van der Waals surface area contributed by atoms with Crippen LogP contribution in [0.5, 0.6) is 0 Å². The van der Waals surface area contributed by atoms with Crippen LogP contribution in [0.15, 0.2) is 0 Å². The van der Waals surface area contributed by atoms with E-state index in [2.05, 4.69) is 0 Å². The van der Waals surface area contributed by atoms with Crippen molar-refractivity contribution in [2.24, 2.45) is 0 Å². The van der Waals surface area contributed by atoms with Crippen LogP contribution < -0.4 is 56.5 Å². The standard InChI is InChI=1S/C5H8O3S.K/c1-9-3-2-4(6)5(7)8;/h2-3H2,1H3,(H,7,8);/q;+1/p-1. The Hall–Kier alpha value is 1.13. The first kappa shape index (κ1) is 13.7. The van der Waals surface area contributed by atoms with Gasteiger partial charge in [-0.25, -0.2) is 0 Å². The number of carbonyl (C=O) groups excluding carboxylic acids is 2. The second kappa shape index (κ2) is 8.23. The third kappa shape index (κ3) is 7.24. The molecule has 0 bridgehead atoms. The molecule has 0 radical (unpaired) electrons. The molecule has 10 heavy (non-hydrogen) atoms. The van der Waals surface area contributed by atoms with Crippen LogP contribution in [0, 0.1) is 0 Å². The zero-order valence-corrected chi connectivity index (χ0v) is 9.99. The number of carboxylic acids is 1. The summed E-state index contributed by atoms with van der Waals surface area (Å²) >= 11 is 1.44. The number of thioether (sulfide) groups is 1. The van der Waals surface area contributed by atoms with Crippen molar-refractivity contribution >= 4 is 23.5 Å². The first-order valence-corrected chi connectivity index (χ1v) is 3.81. The molecule has 0 N–H and O–H groups in total. The predicted octanol–water partition coefficient (Wildman–Crippen LogP) is -3.94. The summed E-state index contributed by atoms with van der Waals surface area (Å²) in [5.41, 5.74) is 0. The molecular weight excluding hydrogens is 179 g/mol. The van der Waals surface area contributed by atoms with Crippen molar-refractivity contribution in [2.75, 3.05) is 12.0 Å². The quantitative estimate of drug-likeness (QED) is 0.332. The van der Waals surface area contributed by atoms with Crippen LogP contribution in [-0.4, -0.2) is 23.8 Å². The molecule has 0 fully saturated rings. The van der Waals surface area contributed by atoms with Gasteiger partial charge in [-0.05, 0) is 6.26 Å². The Morgan fingerprint density at radius 3 is 2.30 bits per heavy atom. The van der Waals surface area contributed by atoms with Crippen LogP contribution in [-0.2, 0) is 9.59 Å². The first-order valence-electron chi connectivity index (χ1n) is 2.41. The molecule has 52 valence electrons. The smallest absolute Gasteiger partial charge is 0.542 e. The molecule has 0 heterocycles. The van der Waals surface area contributed by atoms with Crippen molar-refractivity contribution < 1.29 is 66.1 Å².